The Morgan fingerprint density at radius 2 is 2.05 bits per heavy atom. The highest BCUT2D eigenvalue weighted by Crippen LogP contribution is 2.13. The van der Waals surface area contributed by atoms with Crippen LogP contribution in [0.1, 0.15) is 6.92 Å². The summed E-state index contributed by atoms with van der Waals surface area (Å²) in [6.07, 6.45) is 3.39. The van der Waals surface area contributed by atoms with E-state index in [0.717, 1.165) is 5.75 Å². The molecule has 0 aliphatic carbocycles. The van der Waals surface area contributed by atoms with Gasteiger partial charge in [0.15, 0.2) is 0 Å². The number of ether oxygens (including phenoxy) is 1. The molecule has 1 unspecified atom stereocenters. The van der Waals surface area contributed by atoms with E-state index >= 15 is 0 Å². The summed E-state index contributed by atoms with van der Waals surface area (Å²) in [5.41, 5.74) is 0. The maximum absolute atomic E-state index is 11.3. The molecule has 0 aliphatic heterocycles. The molecule has 0 aromatic heterocycles. The van der Waals surface area contributed by atoms with Crippen molar-refractivity contribution in [2.45, 2.75) is 13.0 Å². The van der Waals surface area contributed by atoms with E-state index in [4.69, 9.17) is 4.74 Å². The molecule has 1 aromatic carbocycles. The number of hydrogen-bond donors (Lipinski definition) is 1. The number of nitrogens with one attached hydrogen (secondary N) is 1. The van der Waals surface area contributed by atoms with Crippen LogP contribution in [0.3, 0.4) is 0 Å². The van der Waals surface area contributed by atoms with Crippen molar-refractivity contribution in [3.8, 4) is 5.75 Å². The summed E-state index contributed by atoms with van der Waals surface area (Å²) in [7, 11) is 3.47. The first kappa shape index (κ1) is 17.0. The number of halogens is 1. The molecule has 0 heterocycles. The highest BCUT2D eigenvalue weighted by Gasteiger charge is 2.02. The van der Waals surface area contributed by atoms with Gasteiger partial charge in [-0.2, -0.15) is 0 Å². The van der Waals surface area contributed by atoms with E-state index in [2.05, 4.69) is 27.9 Å². The van der Waals surface area contributed by atoms with Crippen LogP contribution < -0.4 is 10.1 Å². The van der Waals surface area contributed by atoms with Crippen molar-refractivity contribution in [1.29, 1.82) is 0 Å². The Hall–Kier alpha value is -1.08. The van der Waals surface area contributed by atoms with E-state index < -0.39 is 0 Å². The monoisotopic (exact) mass is 388 g/mol. The molecule has 1 atom stereocenters. The summed E-state index contributed by atoms with van der Waals surface area (Å²) in [5.74, 6) is 0.868. The molecule has 1 amide bonds. The van der Waals surface area contributed by atoms with E-state index in [-0.39, 0.29) is 11.9 Å². The standard InChI is InChI=1S/C15H21IN2O2/c1-12(17-10-4-5-15(19)18(2)3)11-20-14-8-6-13(16)7-9-14/h4-9,12,17H,10-11H2,1-3H3. The van der Waals surface area contributed by atoms with Gasteiger partial charge in [-0.05, 0) is 53.8 Å². The zero-order chi connectivity index (χ0) is 15.0. The van der Waals surface area contributed by atoms with Gasteiger partial charge in [0.05, 0.1) is 0 Å². The third kappa shape index (κ3) is 6.91. The van der Waals surface area contributed by atoms with E-state index in [1.165, 1.54) is 3.57 Å². The van der Waals surface area contributed by atoms with Crippen molar-refractivity contribution < 1.29 is 9.53 Å². The van der Waals surface area contributed by atoms with Gasteiger partial charge in [-0.3, -0.25) is 4.79 Å². The minimum absolute atomic E-state index is 0.00501. The van der Waals surface area contributed by atoms with Crippen LogP contribution in [-0.4, -0.2) is 44.1 Å². The fourth-order valence-corrected chi connectivity index (χ4v) is 1.75. The third-order valence-corrected chi connectivity index (χ3v) is 3.32. The Balaban J connectivity index is 2.22. The fourth-order valence-electron chi connectivity index (χ4n) is 1.39. The molecule has 0 fully saturated rings. The molecule has 110 valence electrons. The predicted octanol–water partition coefficient (Wildman–Crippen LogP) is 2.29. The summed E-state index contributed by atoms with van der Waals surface area (Å²) >= 11 is 2.26. The summed E-state index contributed by atoms with van der Waals surface area (Å²) in [6.45, 7) is 3.29. The van der Waals surface area contributed by atoms with Crippen LogP contribution in [0.15, 0.2) is 36.4 Å². The Morgan fingerprint density at radius 1 is 1.40 bits per heavy atom. The lowest BCUT2D eigenvalue weighted by Gasteiger charge is -2.14. The van der Waals surface area contributed by atoms with Crippen molar-refractivity contribution >= 4 is 28.5 Å². The van der Waals surface area contributed by atoms with Gasteiger partial charge in [0.1, 0.15) is 12.4 Å². The number of benzene rings is 1. The Labute approximate surface area is 134 Å². The highest BCUT2D eigenvalue weighted by atomic mass is 127. The van der Waals surface area contributed by atoms with Crippen molar-refractivity contribution in [2.75, 3.05) is 27.2 Å². The maximum Gasteiger partial charge on any atom is 0.245 e. The van der Waals surface area contributed by atoms with Gasteiger partial charge in [-0.25, -0.2) is 0 Å². The molecule has 0 saturated heterocycles. The highest BCUT2D eigenvalue weighted by molar-refractivity contribution is 14.1. The summed E-state index contributed by atoms with van der Waals surface area (Å²) in [6, 6.07) is 8.18. The van der Waals surface area contributed by atoms with Gasteiger partial charge in [0.25, 0.3) is 0 Å². The van der Waals surface area contributed by atoms with E-state index in [1.807, 2.05) is 37.3 Å². The van der Waals surface area contributed by atoms with Gasteiger partial charge >= 0.3 is 0 Å². The van der Waals surface area contributed by atoms with Crippen molar-refractivity contribution in [1.82, 2.24) is 10.2 Å². The van der Waals surface area contributed by atoms with Crippen LogP contribution in [-0.2, 0) is 4.79 Å². The molecule has 5 heteroatoms. The second kappa shape index (κ2) is 8.97. The van der Waals surface area contributed by atoms with Crippen molar-refractivity contribution in [3.63, 3.8) is 0 Å². The molecule has 0 bridgehead atoms. The van der Waals surface area contributed by atoms with Crippen LogP contribution in [0.4, 0.5) is 0 Å². The number of likely N-dealkylation sites (N-methyl/N-ethyl adjacent to an activating group) is 1. The van der Waals surface area contributed by atoms with Crippen LogP contribution in [0.2, 0.25) is 0 Å². The van der Waals surface area contributed by atoms with Gasteiger partial charge in [-0.1, -0.05) is 6.08 Å². The first-order valence-electron chi connectivity index (χ1n) is 6.48. The number of rotatable bonds is 7. The Bertz CT molecular complexity index is 444. The second-order valence-electron chi connectivity index (χ2n) is 4.71. The maximum atomic E-state index is 11.3. The Kier molecular flexibility index (Phi) is 7.61. The van der Waals surface area contributed by atoms with Crippen LogP contribution in [0.25, 0.3) is 0 Å². The lowest BCUT2D eigenvalue weighted by Crippen LogP contribution is -2.32. The number of nitrogens with zero attached hydrogens (tertiary/aromatic N) is 1. The first-order valence-corrected chi connectivity index (χ1v) is 7.56. The number of carbonyl (C=O) groups excluding carboxylic acids is 1. The van der Waals surface area contributed by atoms with Crippen molar-refractivity contribution in [2.24, 2.45) is 0 Å². The quantitative estimate of drug-likeness (QED) is 0.576. The topological polar surface area (TPSA) is 41.6 Å². The molecular weight excluding hydrogens is 367 g/mol. The Morgan fingerprint density at radius 3 is 2.65 bits per heavy atom. The fraction of sp³-hybridized carbons (Fsp3) is 0.400. The molecule has 0 spiro atoms. The summed E-state index contributed by atoms with van der Waals surface area (Å²) < 4.78 is 6.87. The number of hydrogen-bond acceptors (Lipinski definition) is 3. The predicted molar refractivity (Wildman–Crippen MR) is 90.0 cm³/mol. The van der Waals surface area contributed by atoms with E-state index in [1.54, 1.807) is 25.1 Å². The number of carbonyl (C=O) groups is 1. The molecule has 0 radical (unpaired) electrons. The van der Waals surface area contributed by atoms with Crippen LogP contribution in [0.5, 0.6) is 5.75 Å². The average Bonchev–Trinajstić information content (AvgIpc) is 2.42. The molecule has 20 heavy (non-hydrogen) atoms. The van der Waals surface area contributed by atoms with Crippen molar-refractivity contribution in [3.05, 3.63) is 40.0 Å². The molecule has 1 N–H and O–H groups in total. The zero-order valence-electron chi connectivity index (χ0n) is 12.1. The zero-order valence-corrected chi connectivity index (χ0v) is 14.3. The van der Waals surface area contributed by atoms with Gasteiger partial charge in [0.2, 0.25) is 5.91 Å². The normalized spacial score (nSPS) is 12.4. The lowest BCUT2D eigenvalue weighted by molar-refractivity contribution is -0.123. The number of amides is 1. The first-order chi connectivity index (χ1) is 9.49. The molecule has 0 saturated carbocycles. The van der Waals surface area contributed by atoms with Crippen LogP contribution >= 0.6 is 22.6 Å². The third-order valence-electron chi connectivity index (χ3n) is 2.60. The minimum atomic E-state index is -0.00501. The largest absolute Gasteiger partial charge is 0.492 e. The second-order valence-corrected chi connectivity index (χ2v) is 5.95. The molecule has 4 nitrogen and oxygen atoms in total. The van der Waals surface area contributed by atoms with Gasteiger partial charge in [-0.15, -0.1) is 0 Å². The lowest BCUT2D eigenvalue weighted by atomic mass is 10.3. The minimum Gasteiger partial charge on any atom is -0.492 e. The SMILES string of the molecule is CC(COc1ccc(I)cc1)NCC=CC(=O)N(C)C. The molecule has 0 aliphatic rings. The smallest absolute Gasteiger partial charge is 0.245 e. The molecular formula is C15H21IN2O2. The average molecular weight is 388 g/mol. The van der Waals surface area contributed by atoms with Gasteiger partial charge in [0, 0.05) is 36.3 Å². The van der Waals surface area contributed by atoms with Gasteiger partial charge < -0.3 is 15.0 Å². The molecule has 1 aromatic rings. The summed E-state index contributed by atoms with van der Waals surface area (Å²) in [4.78, 5) is 12.9. The molecule has 1 rings (SSSR count). The van der Waals surface area contributed by atoms with E-state index in [0.29, 0.717) is 13.2 Å². The van der Waals surface area contributed by atoms with Crippen LogP contribution in [0, 0.1) is 3.57 Å². The van der Waals surface area contributed by atoms with E-state index in [9.17, 15) is 4.79 Å². The summed E-state index contributed by atoms with van der Waals surface area (Å²) in [5, 5.41) is 3.27.